The van der Waals surface area contributed by atoms with Crippen LogP contribution in [0.4, 0.5) is 0 Å². The highest BCUT2D eigenvalue weighted by Crippen LogP contribution is 2.49. The first-order valence-electron chi connectivity index (χ1n) is 15.4. The number of ether oxygens (including phenoxy) is 1. The summed E-state index contributed by atoms with van der Waals surface area (Å²) in [6.07, 6.45) is 0. The molecule has 210 valence electrons. The second kappa shape index (κ2) is 9.22. The van der Waals surface area contributed by atoms with Crippen molar-refractivity contribution < 1.29 is 4.74 Å². The molecule has 0 N–H and O–H groups in total. The lowest BCUT2D eigenvalue weighted by Crippen LogP contribution is -1.96. The predicted octanol–water partition coefficient (Wildman–Crippen LogP) is 11.3. The van der Waals surface area contributed by atoms with Crippen molar-refractivity contribution in [1.29, 1.82) is 0 Å². The molecule has 0 unspecified atom stereocenters. The van der Waals surface area contributed by atoms with Crippen LogP contribution in [0.5, 0.6) is 11.5 Å². The molecule has 0 amide bonds. The van der Waals surface area contributed by atoms with E-state index in [1.807, 2.05) is 6.07 Å². The van der Waals surface area contributed by atoms with Crippen molar-refractivity contribution in [3.63, 3.8) is 0 Å². The van der Waals surface area contributed by atoms with Crippen LogP contribution in [0.25, 0.3) is 77.2 Å². The molecule has 0 spiro atoms. The number of para-hydroxylation sites is 4. The Bertz CT molecular complexity index is 2620. The first-order chi connectivity index (χ1) is 22.3. The fraction of sp³-hybridized carbons (Fsp3) is 0. The van der Waals surface area contributed by atoms with Gasteiger partial charge in [0.1, 0.15) is 11.5 Å². The van der Waals surface area contributed by atoms with Crippen molar-refractivity contribution in [3.8, 4) is 45.1 Å². The topological polar surface area (TPSA) is 19.1 Å². The van der Waals surface area contributed by atoms with E-state index in [1.165, 1.54) is 49.2 Å². The third kappa shape index (κ3) is 3.46. The van der Waals surface area contributed by atoms with E-state index in [0.29, 0.717) is 0 Å². The van der Waals surface area contributed by atoms with Gasteiger partial charge in [0.2, 0.25) is 0 Å². The lowest BCUT2D eigenvalue weighted by atomic mass is 9.94. The van der Waals surface area contributed by atoms with E-state index in [-0.39, 0.29) is 0 Å². The Morgan fingerprint density at radius 2 is 0.867 bits per heavy atom. The third-order valence-electron chi connectivity index (χ3n) is 9.32. The molecule has 0 saturated carbocycles. The number of hydrogen-bond acceptors (Lipinski definition) is 1. The van der Waals surface area contributed by atoms with Crippen molar-refractivity contribution in [3.05, 3.63) is 158 Å². The van der Waals surface area contributed by atoms with Crippen LogP contribution in [0.1, 0.15) is 0 Å². The Hall–Kier alpha value is -6.06. The van der Waals surface area contributed by atoms with Gasteiger partial charge in [-0.05, 0) is 71.8 Å². The molecular weight excluding hydrogens is 548 g/mol. The van der Waals surface area contributed by atoms with Gasteiger partial charge in [-0.2, -0.15) is 0 Å². The van der Waals surface area contributed by atoms with Crippen molar-refractivity contribution in [1.82, 2.24) is 9.13 Å². The van der Waals surface area contributed by atoms with Crippen LogP contribution in [0.3, 0.4) is 0 Å². The molecule has 3 heterocycles. The molecule has 0 radical (unpaired) electrons. The zero-order chi connectivity index (χ0) is 29.5. The Kier molecular flexibility index (Phi) is 5.00. The average Bonchev–Trinajstić information content (AvgIpc) is 3.55. The van der Waals surface area contributed by atoms with Crippen LogP contribution in [0.15, 0.2) is 158 Å². The summed E-state index contributed by atoms with van der Waals surface area (Å²) in [5, 5.41) is 4.86. The number of rotatable bonds is 2. The first-order valence-corrected chi connectivity index (χ1v) is 15.4. The maximum Gasteiger partial charge on any atom is 0.136 e. The number of benzene rings is 7. The minimum absolute atomic E-state index is 0.879. The smallest absolute Gasteiger partial charge is 0.136 e. The number of nitrogens with zero attached hydrogens (tertiary/aromatic N) is 2. The Balaban J connectivity index is 1.28. The van der Waals surface area contributed by atoms with Gasteiger partial charge in [-0.25, -0.2) is 0 Å². The Morgan fingerprint density at radius 3 is 1.62 bits per heavy atom. The van der Waals surface area contributed by atoms with Gasteiger partial charge in [0, 0.05) is 44.0 Å². The maximum atomic E-state index is 6.70. The van der Waals surface area contributed by atoms with Gasteiger partial charge in [0.05, 0.1) is 22.1 Å². The molecule has 0 bridgehead atoms. The summed E-state index contributed by atoms with van der Waals surface area (Å²) in [5.74, 6) is 1.76. The number of aromatic nitrogens is 2. The Labute approximate surface area is 259 Å². The predicted molar refractivity (Wildman–Crippen MR) is 186 cm³/mol. The normalized spacial score (nSPS) is 12.2. The molecule has 0 aliphatic carbocycles. The molecule has 10 rings (SSSR count). The summed E-state index contributed by atoms with van der Waals surface area (Å²) in [5.41, 5.74) is 11.6. The van der Waals surface area contributed by atoms with E-state index in [1.54, 1.807) is 0 Å². The van der Waals surface area contributed by atoms with Gasteiger partial charge >= 0.3 is 0 Å². The molecule has 9 aromatic rings. The molecule has 3 nitrogen and oxygen atoms in total. The molecule has 1 aliphatic rings. The van der Waals surface area contributed by atoms with E-state index < -0.39 is 0 Å². The lowest BCUT2D eigenvalue weighted by molar-refractivity contribution is 0.488. The van der Waals surface area contributed by atoms with Crippen molar-refractivity contribution in [2.45, 2.75) is 0 Å². The van der Waals surface area contributed by atoms with E-state index in [9.17, 15) is 0 Å². The highest BCUT2D eigenvalue weighted by Gasteiger charge is 2.23. The molecule has 2 aromatic heterocycles. The average molecular weight is 575 g/mol. The number of hydrogen-bond donors (Lipinski definition) is 0. The van der Waals surface area contributed by atoms with E-state index in [0.717, 1.165) is 39.5 Å². The van der Waals surface area contributed by atoms with Crippen LogP contribution in [-0.4, -0.2) is 9.13 Å². The van der Waals surface area contributed by atoms with Crippen LogP contribution in [-0.2, 0) is 0 Å². The zero-order valence-corrected chi connectivity index (χ0v) is 24.3. The second-order valence-corrected chi connectivity index (χ2v) is 11.8. The monoisotopic (exact) mass is 574 g/mol. The largest absolute Gasteiger partial charge is 0.456 e. The van der Waals surface area contributed by atoms with Crippen molar-refractivity contribution in [2.24, 2.45) is 0 Å². The van der Waals surface area contributed by atoms with E-state index in [2.05, 4.69) is 161 Å². The molecule has 1 aliphatic heterocycles. The summed E-state index contributed by atoms with van der Waals surface area (Å²) >= 11 is 0. The SMILES string of the molecule is c1ccc(-n2c3ccccc3c3cc(-n4c5ccccc5c5cc6c(cc54)-c4ccccc4-c4ccccc4O6)ccc32)cc1. The summed E-state index contributed by atoms with van der Waals surface area (Å²) in [6, 6.07) is 56.5. The summed E-state index contributed by atoms with van der Waals surface area (Å²) in [4.78, 5) is 0. The summed E-state index contributed by atoms with van der Waals surface area (Å²) < 4.78 is 11.5. The van der Waals surface area contributed by atoms with Crippen LogP contribution in [0.2, 0.25) is 0 Å². The van der Waals surface area contributed by atoms with Gasteiger partial charge in [-0.3, -0.25) is 0 Å². The molecule has 3 heteroatoms. The van der Waals surface area contributed by atoms with Gasteiger partial charge in [0.15, 0.2) is 0 Å². The minimum atomic E-state index is 0.879. The van der Waals surface area contributed by atoms with Crippen molar-refractivity contribution >= 4 is 43.6 Å². The van der Waals surface area contributed by atoms with E-state index >= 15 is 0 Å². The molecule has 0 fully saturated rings. The van der Waals surface area contributed by atoms with E-state index in [4.69, 9.17) is 4.74 Å². The molecule has 7 aromatic carbocycles. The second-order valence-electron chi connectivity index (χ2n) is 11.8. The lowest BCUT2D eigenvalue weighted by Gasteiger charge is -2.13. The maximum absolute atomic E-state index is 6.70. The first kappa shape index (κ1) is 24.4. The van der Waals surface area contributed by atoms with Crippen molar-refractivity contribution in [2.75, 3.05) is 0 Å². The Morgan fingerprint density at radius 1 is 0.311 bits per heavy atom. The standard InChI is InChI=1S/C42H26N2O/c1-2-12-27(13-3-1)43-37-19-9-6-16-31(37)34-24-28(22-23-39(34)43)44-38-20-10-7-17-32(38)35-26-42-36(25-40(35)44)30-15-5-4-14-29(30)33-18-8-11-21-41(33)45-42/h1-26H. The molecule has 0 saturated heterocycles. The van der Waals surface area contributed by atoms with Gasteiger partial charge in [0.25, 0.3) is 0 Å². The molecule has 0 atom stereocenters. The zero-order valence-electron chi connectivity index (χ0n) is 24.3. The van der Waals surface area contributed by atoms with Crippen LogP contribution >= 0.6 is 0 Å². The fourth-order valence-electron chi connectivity index (χ4n) is 7.37. The summed E-state index contributed by atoms with van der Waals surface area (Å²) in [6.45, 7) is 0. The minimum Gasteiger partial charge on any atom is -0.456 e. The third-order valence-corrected chi connectivity index (χ3v) is 9.32. The molecular formula is C42H26N2O. The van der Waals surface area contributed by atoms with Gasteiger partial charge < -0.3 is 13.9 Å². The highest BCUT2D eigenvalue weighted by molar-refractivity contribution is 6.13. The molecule has 45 heavy (non-hydrogen) atoms. The van der Waals surface area contributed by atoms with Crippen LogP contribution in [0, 0.1) is 0 Å². The van der Waals surface area contributed by atoms with Gasteiger partial charge in [-0.1, -0.05) is 97.1 Å². The number of fused-ring (bicyclic) bond motifs is 11. The fourth-order valence-corrected chi connectivity index (χ4v) is 7.37. The highest BCUT2D eigenvalue weighted by atomic mass is 16.5. The quantitative estimate of drug-likeness (QED) is 0.201. The van der Waals surface area contributed by atoms with Gasteiger partial charge in [-0.15, -0.1) is 0 Å². The van der Waals surface area contributed by atoms with Crippen LogP contribution < -0.4 is 4.74 Å². The summed E-state index contributed by atoms with van der Waals surface area (Å²) in [7, 11) is 0.